The molecule has 0 radical (unpaired) electrons. The zero-order chi connectivity index (χ0) is 9.80. The molecule has 0 saturated carbocycles. The third kappa shape index (κ3) is 2.51. The van der Waals surface area contributed by atoms with Crippen LogP contribution in [-0.2, 0) is 0 Å². The fourth-order valence-electron chi connectivity index (χ4n) is 1.34. The Bertz CT molecular complexity index is 346. The predicted molar refractivity (Wildman–Crippen MR) is 71.9 cm³/mol. The van der Waals surface area contributed by atoms with Crippen LogP contribution in [0.15, 0.2) is 60.7 Å². The molecule has 0 aromatic heterocycles. The van der Waals surface area contributed by atoms with Crippen LogP contribution in [0.1, 0.15) is 0 Å². The van der Waals surface area contributed by atoms with Gasteiger partial charge >= 0.3 is 102 Å². The van der Waals surface area contributed by atoms with Gasteiger partial charge in [-0.1, -0.05) is 0 Å². The molecule has 0 unspecified atom stereocenters. The van der Waals surface area contributed by atoms with E-state index in [1.807, 2.05) is 0 Å². The number of hydrogen-bond acceptors (Lipinski definition) is 0. The van der Waals surface area contributed by atoms with E-state index in [0.717, 1.165) is 0 Å². The summed E-state index contributed by atoms with van der Waals surface area (Å²) in [6.07, 6.45) is 0. The average molecular weight is 400 g/mol. The van der Waals surface area contributed by atoms with Gasteiger partial charge in [-0.25, -0.2) is 0 Å². The van der Waals surface area contributed by atoms with Gasteiger partial charge in [0, 0.05) is 0 Å². The van der Waals surface area contributed by atoms with Gasteiger partial charge in [-0.2, -0.15) is 0 Å². The van der Waals surface area contributed by atoms with Gasteiger partial charge in [0.15, 0.2) is 0 Å². The van der Waals surface area contributed by atoms with Crippen LogP contribution in [0.2, 0.25) is 0 Å². The van der Waals surface area contributed by atoms with Gasteiger partial charge in [0.05, 0.1) is 0 Å². The van der Waals surface area contributed by atoms with Crippen molar-refractivity contribution in [2.24, 2.45) is 0 Å². The van der Waals surface area contributed by atoms with Gasteiger partial charge in [0.1, 0.15) is 0 Å². The van der Waals surface area contributed by atoms with Crippen molar-refractivity contribution >= 4 is 41.6 Å². The minimum atomic E-state index is -1.53. The average Bonchev–Trinajstić information content (AvgIpc) is 2.30. The second-order valence-electron chi connectivity index (χ2n) is 3.05. The maximum absolute atomic E-state index is 2.67. The van der Waals surface area contributed by atoms with E-state index in [1.165, 1.54) is 0 Å². The van der Waals surface area contributed by atoms with Crippen LogP contribution in [0.25, 0.3) is 0 Å². The molecule has 0 N–H and O–H groups in total. The Kier molecular flexibility index (Phi) is 3.87. The van der Waals surface area contributed by atoms with E-state index in [0.29, 0.717) is 0 Å². The van der Waals surface area contributed by atoms with Crippen LogP contribution >= 0.6 is 18.6 Å². The Morgan fingerprint density at radius 3 is 1.36 bits per heavy atom. The molecule has 0 nitrogen and oxygen atoms in total. The second kappa shape index (κ2) is 5.16. The zero-order valence-electron chi connectivity index (χ0n) is 7.65. The maximum atomic E-state index is 2.67. The summed E-state index contributed by atoms with van der Waals surface area (Å²) in [5, 5.41) is 0. The second-order valence-corrected chi connectivity index (χ2v) is 15.4. The van der Waals surface area contributed by atoms with Crippen LogP contribution in [0.3, 0.4) is 0 Å². The Hall–Kier alpha value is -0.0313. The molecule has 2 aromatic rings. The van der Waals surface area contributed by atoms with Crippen LogP contribution < -0.4 is 7.16 Å². The molecule has 0 saturated heterocycles. The summed E-state index contributed by atoms with van der Waals surface area (Å²) < 4.78 is 3.11. The van der Waals surface area contributed by atoms with Crippen molar-refractivity contribution < 1.29 is 0 Å². The fraction of sp³-hybridized carbons (Fsp3) is 0. The van der Waals surface area contributed by atoms with Gasteiger partial charge in [0.25, 0.3) is 0 Å². The van der Waals surface area contributed by atoms with Crippen molar-refractivity contribution in [3.8, 4) is 0 Å². The summed E-state index contributed by atoms with van der Waals surface area (Å²) in [5.41, 5.74) is 0. The normalized spacial score (nSPS) is 9.79. The van der Waals surface area contributed by atoms with Crippen LogP contribution in [-0.4, -0.2) is 15.8 Å². The van der Waals surface area contributed by atoms with Crippen molar-refractivity contribution in [1.29, 1.82) is 0 Å². The first-order chi connectivity index (χ1) is 6.88. The molecule has 0 amide bonds. The van der Waals surface area contributed by atoms with E-state index in [2.05, 4.69) is 79.3 Å². The third-order valence-electron chi connectivity index (χ3n) is 2.05. The molecule has 0 bridgehead atoms. The van der Waals surface area contributed by atoms with Crippen LogP contribution in [0.4, 0.5) is 0 Å². The van der Waals surface area contributed by atoms with E-state index in [9.17, 15) is 0 Å². The monoisotopic (exact) mass is 401 g/mol. The molecule has 2 rings (SSSR count). The Labute approximate surface area is 101 Å². The van der Waals surface area contributed by atoms with E-state index in [1.54, 1.807) is 7.16 Å². The molecule has 0 atom stereocenters. The van der Waals surface area contributed by atoms with Crippen molar-refractivity contribution in [3.05, 3.63) is 60.7 Å². The standard InChI is InChI=1S/2C6H5.HI.Sn/c2*1-2-4-6-5-3-1;;/h2*1-5H;1H;/p-1. The Morgan fingerprint density at radius 1 is 0.643 bits per heavy atom. The summed E-state index contributed by atoms with van der Waals surface area (Å²) in [4.78, 5) is 0. The van der Waals surface area contributed by atoms with E-state index in [-0.39, 0.29) is 0 Å². The first-order valence-corrected chi connectivity index (χ1v) is 15.7. The first kappa shape index (κ1) is 10.5. The molecule has 0 aliphatic heterocycles. The van der Waals surface area contributed by atoms with Gasteiger partial charge < -0.3 is 0 Å². The van der Waals surface area contributed by atoms with Gasteiger partial charge in [-0.3, -0.25) is 0 Å². The number of hydrogen-bond donors (Lipinski definition) is 0. The molecular formula is C12H10ISn-. The summed E-state index contributed by atoms with van der Waals surface area (Å²) in [5.74, 6) is 0. The minimum absolute atomic E-state index is 1.53. The van der Waals surface area contributed by atoms with Crippen molar-refractivity contribution in [2.45, 2.75) is 0 Å². The molecule has 0 spiro atoms. The summed E-state index contributed by atoms with van der Waals surface area (Å²) in [6.45, 7) is 0. The van der Waals surface area contributed by atoms with E-state index >= 15 is 0 Å². The van der Waals surface area contributed by atoms with Crippen molar-refractivity contribution in [3.63, 3.8) is 0 Å². The van der Waals surface area contributed by atoms with Crippen molar-refractivity contribution in [1.82, 2.24) is 0 Å². The summed E-state index contributed by atoms with van der Waals surface area (Å²) in [6, 6.07) is 21.7. The molecular weight excluding hydrogens is 390 g/mol. The summed E-state index contributed by atoms with van der Waals surface area (Å²) in [7, 11) is 0. The predicted octanol–water partition coefficient (Wildman–Crippen LogP) is 2.23. The zero-order valence-corrected chi connectivity index (χ0v) is 12.7. The molecule has 70 valence electrons. The third-order valence-corrected chi connectivity index (χ3v) is 15.2. The van der Waals surface area contributed by atoms with Gasteiger partial charge in [0.2, 0.25) is 0 Å². The van der Waals surface area contributed by atoms with Crippen molar-refractivity contribution in [2.75, 3.05) is 0 Å². The molecule has 14 heavy (non-hydrogen) atoms. The van der Waals surface area contributed by atoms with Crippen LogP contribution in [0, 0.1) is 0 Å². The van der Waals surface area contributed by atoms with Gasteiger partial charge in [-0.05, 0) is 0 Å². The SMILES string of the molecule is [I][Sn-]([c]1ccccc1)[c]1ccccc1. The topological polar surface area (TPSA) is 0 Å². The summed E-state index contributed by atoms with van der Waals surface area (Å²) >= 11 is 1.14. The number of benzene rings is 2. The quantitative estimate of drug-likeness (QED) is 0.536. The molecule has 2 aromatic carbocycles. The molecule has 2 heteroatoms. The first-order valence-electron chi connectivity index (χ1n) is 4.51. The Morgan fingerprint density at radius 2 is 1.00 bits per heavy atom. The van der Waals surface area contributed by atoms with E-state index in [4.69, 9.17) is 0 Å². The van der Waals surface area contributed by atoms with Crippen LogP contribution in [0.5, 0.6) is 0 Å². The number of halogens is 1. The molecule has 0 aliphatic carbocycles. The number of rotatable bonds is 2. The Balaban J connectivity index is 2.30. The molecule has 0 aliphatic rings. The van der Waals surface area contributed by atoms with Gasteiger partial charge in [-0.15, -0.1) is 0 Å². The molecule has 0 fully saturated rings. The molecule has 0 heterocycles. The fourth-order valence-corrected chi connectivity index (χ4v) is 9.88. The van der Waals surface area contributed by atoms with E-state index < -0.39 is 15.8 Å².